The number of halogens is 4. The molecule has 0 spiro atoms. The van der Waals surface area contributed by atoms with Gasteiger partial charge >= 0.3 is 12.1 Å². The zero-order valence-corrected chi connectivity index (χ0v) is 10.9. The molecule has 2 N–H and O–H groups in total. The van der Waals surface area contributed by atoms with E-state index in [1.807, 2.05) is 0 Å². The van der Waals surface area contributed by atoms with E-state index in [2.05, 4.69) is 14.7 Å². The van der Waals surface area contributed by atoms with E-state index < -0.39 is 18.1 Å². The van der Waals surface area contributed by atoms with E-state index in [0.29, 0.717) is 5.75 Å². The molecule has 1 atom stereocenters. The van der Waals surface area contributed by atoms with Crippen molar-refractivity contribution in [3.8, 4) is 5.75 Å². The largest absolute Gasteiger partial charge is 0.496 e. The molecule has 1 aromatic heterocycles. The Morgan fingerprint density at radius 1 is 1.40 bits per heavy atom. The molecule has 1 aromatic carbocycles. The summed E-state index contributed by atoms with van der Waals surface area (Å²) < 4.78 is 46.4. The van der Waals surface area contributed by atoms with Crippen LogP contribution in [0.1, 0.15) is 23.3 Å². The normalized spacial score (nSPS) is 13.3. The van der Waals surface area contributed by atoms with E-state index in [-0.39, 0.29) is 16.4 Å². The van der Waals surface area contributed by atoms with Gasteiger partial charge in [0, 0.05) is 10.6 Å². The first-order chi connectivity index (χ1) is 9.34. The number of hydrogen-bond donors (Lipinski definition) is 1. The molecule has 0 saturated heterocycles. The maximum absolute atomic E-state index is 12.4. The van der Waals surface area contributed by atoms with Gasteiger partial charge in [-0.1, -0.05) is 22.8 Å². The summed E-state index contributed by atoms with van der Waals surface area (Å²) in [5, 5.41) is 3.46. The van der Waals surface area contributed by atoms with E-state index in [4.69, 9.17) is 22.1 Å². The summed E-state index contributed by atoms with van der Waals surface area (Å²) in [5.74, 6) is -1.47. The lowest BCUT2D eigenvalue weighted by molar-refractivity contribution is -0.159. The van der Waals surface area contributed by atoms with Crippen LogP contribution >= 0.6 is 11.6 Å². The van der Waals surface area contributed by atoms with Crippen LogP contribution in [0.25, 0.3) is 0 Å². The summed E-state index contributed by atoms with van der Waals surface area (Å²) in [6.07, 6.45) is -4.73. The van der Waals surface area contributed by atoms with Crippen molar-refractivity contribution in [1.82, 2.24) is 10.1 Å². The minimum Gasteiger partial charge on any atom is -0.496 e. The monoisotopic (exact) mass is 307 g/mol. The van der Waals surface area contributed by atoms with Crippen LogP contribution in [0.15, 0.2) is 22.7 Å². The van der Waals surface area contributed by atoms with Gasteiger partial charge in [-0.3, -0.25) is 0 Å². The number of alkyl halides is 3. The Morgan fingerprint density at radius 2 is 2.10 bits per heavy atom. The lowest BCUT2D eigenvalue weighted by atomic mass is 10.1. The van der Waals surface area contributed by atoms with E-state index in [1.54, 1.807) is 12.1 Å². The number of nitrogens with two attached hydrogens (primary N) is 1. The fourth-order valence-electron chi connectivity index (χ4n) is 1.60. The van der Waals surface area contributed by atoms with Crippen LogP contribution in [0.3, 0.4) is 0 Å². The van der Waals surface area contributed by atoms with Crippen LogP contribution in [0.2, 0.25) is 5.02 Å². The number of nitrogens with zero attached hydrogens (tertiary/aromatic N) is 2. The Bertz CT molecular complexity index is 615. The minimum atomic E-state index is -4.73. The van der Waals surface area contributed by atoms with E-state index in [0.717, 1.165) is 0 Å². The first kappa shape index (κ1) is 14.6. The molecular formula is C11H9ClF3N3O2. The topological polar surface area (TPSA) is 74.2 Å². The first-order valence-corrected chi connectivity index (χ1v) is 5.71. The van der Waals surface area contributed by atoms with Gasteiger partial charge in [0.15, 0.2) is 5.82 Å². The zero-order chi connectivity index (χ0) is 14.9. The number of aromatic nitrogens is 2. The van der Waals surface area contributed by atoms with Gasteiger partial charge in [-0.05, 0) is 12.1 Å². The molecule has 0 saturated carbocycles. The quantitative estimate of drug-likeness (QED) is 0.943. The Labute approximate surface area is 116 Å². The number of hydrogen-bond acceptors (Lipinski definition) is 5. The molecule has 0 aliphatic heterocycles. The van der Waals surface area contributed by atoms with Crippen molar-refractivity contribution in [1.29, 1.82) is 0 Å². The van der Waals surface area contributed by atoms with Crippen molar-refractivity contribution in [2.75, 3.05) is 7.11 Å². The van der Waals surface area contributed by atoms with E-state index in [9.17, 15) is 13.2 Å². The van der Waals surface area contributed by atoms with Crippen molar-refractivity contribution in [2.24, 2.45) is 5.73 Å². The standard InChI is InChI=1S/C11H9ClF3N3O2/c1-19-6-4-2-3-5(12)7(6)8(16)9-17-10(20-18-9)11(13,14)15/h2-4,8H,16H2,1H3. The molecule has 0 amide bonds. The zero-order valence-electron chi connectivity index (χ0n) is 10.1. The average Bonchev–Trinajstić information content (AvgIpc) is 2.87. The third-order valence-electron chi connectivity index (χ3n) is 2.51. The first-order valence-electron chi connectivity index (χ1n) is 5.33. The fraction of sp³-hybridized carbons (Fsp3) is 0.273. The molecule has 20 heavy (non-hydrogen) atoms. The van der Waals surface area contributed by atoms with Crippen molar-refractivity contribution >= 4 is 11.6 Å². The molecular weight excluding hydrogens is 299 g/mol. The van der Waals surface area contributed by atoms with Gasteiger partial charge in [-0.25, -0.2) is 0 Å². The van der Waals surface area contributed by atoms with Crippen LogP contribution in [-0.4, -0.2) is 17.3 Å². The molecule has 1 heterocycles. The SMILES string of the molecule is COc1cccc(Cl)c1C(N)c1noc(C(F)(F)F)n1. The van der Waals surface area contributed by atoms with Gasteiger partial charge in [0.2, 0.25) is 0 Å². The maximum Gasteiger partial charge on any atom is 0.471 e. The Hall–Kier alpha value is -1.80. The third-order valence-corrected chi connectivity index (χ3v) is 2.84. The summed E-state index contributed by atoms with van der Waals surface area (Å²) >= 11 is 5.98. The molecule has 0 aliphatic rings. The Kier molecular flexibility index (Phi) is 3.87. The van der Waals surface area contributed by atoms with Gasteiger partial charge in [-0.2, -0.15) is 18.2 Å². The molecule has 0 aliphatic carbocycles. The molecule has 0 fully saturated rings. The minimum absolute atomic E-state index is 0.232. The number of rotatable bonds is 3. The van der Waals surface area contributed by atoms with Crippen LogP contribution < -0.4 is 10.5 Å². The predicted octanol–water partition coefficient (Wildman–Crippen LogP) is 2.80. The van der Waals surface area contributed by atoms with Crippen molar-refractivity contribution < 1.29 is 22.4 Å². The predicted molar refractivity (Wildman–Crippen MR) is 63.3 cm³/mol. The van der Waals surface area contributed by atoms with Crippen molar-refractivity contribution in [2.45, 2.75) is 12.2 Å². The lowest BCUT2D eigenvalue weighted by Gasteiger charge is -2.14. The van der Waals surface area contributed by atoms with Gasteiger partial charge in [0.05, 0.1) is 13.2 Å². The number of ether oxygens (including phenoxy) is 1. The number of methoxy groups -OCH3 is 1. The average molecular weight is 308 g/mol. The second-order valence-corrected chi connectivity index (χ2v) is 4.20. The molecule has 0 radical (unpaired) electrons. The van der Waals surface area contributed by atoms with Crippen LogP contribution in [0.4, 0.5) is 13.2 Å². The second-order valence-electron chi connectivity index (χ2n) is 3.79. The van der Waals surface area contributed by atoms with Gasteiger partial charge < -0.3 is 15.0 Å². The van der Waals surface area contributed by atoms with E-state index >= 15 is 0 Å². The summed E-state index contributed by atoms with van der Waals surface area (Å²) in [6, 6.07) is 3.63. The smallest absolute Gasteiger partial charge is 0.471 e. The van der Waals surface area contributed by atoms with Crippen LogP contribution in [-0.2, 0) is 6.18 Å². The molecule has 5 nitrogen and oxygen atoms in total. The van der Waals surface area contributed by atoms with E-state index in [1.165, 1.54) is 13.2 Å². The van der Waals surface area contributed by atoms with Crippen LogP contribution in [0, 0.1) is 0 Å². The second kappa shape index (κ2) is 5.29. The molecule has 1 unspecified atom stereocenters. The van der Waals surface area contributed by atoms with Crippen molar-refractivity contribution in [3.05, 3.63) is 40.5 Å². The molecule has 2 aromatic rings. The third kappa shape index (κ3) is 2.70. The highest BCUT2D eigenvalue weighted by atomic mass is 35.5. The fourth-order valence-corrected chi connectivity index (χ4v) is 1.89. The van der Waals surface area contributed by atoms with Gasteiger partial charge in [0.25, 0.3) is 0 Å². The summed E-state index contributed by atoms with van der Waals surface area (Å²) in [6.45, 7) is 0. The highest BCUT2D eigenvalue weighted by molar-refractivity contribution is 6.31. The molecule has 2 rings (SSSR count). The summed E-state index contributed by atoms with van der Waals surface area (Å²) in [7, 11) is 1.39. The molecule has 0 bridgehead atoms. The maximum atomic E-state index is 12.4. The Morgan fingerprint density at radius 3 is 2.65 bits per heavy atom. The van der Waals surface area contributed by atoms with Gasteiger partial charge in [0.1, 0.15) is 5.75 Å². The van der Waals surface area contributed by atoms with Crippen LogP contribution in [0.5, 0.6) is 5.75 Å². The molecule has 108 valence electrons. The summed E-state index contributed by atoms with van der Waals surface area (Å²) in [5.41, 5.74) is 6.12. The summed E-state index contributed by atoms with van der Waals surface area (Å²) in [4.78, 5) is 3.23. The lowest BCUT2D eigenvalue weighted by Crippen LogP contribution is -2.16. The van der Waals surface area contributed by atoms with Crippen molar-refractivity contribution in [3.63, 3.8) is 0 Å². The Balaban J connectivity index is 2.42. The highest BCUT2D eigenvalue weighted by Crippen LogP contribution is 2.34. The molecule has 9 heteroatoms. The van der Waals surface area contributed by atoms with Gasteiger partial charge in [-0.15, -0.1) is 0 Å². The number of benzene rings is 1. The highest BCUT2D eigenvalue weighted by Gasteiger charge is 2.39.